The summed E-state index contributed by atoms with van der Waals surface area (Å²) in [6.45, 7) is 0. The van der Waals surface area contributed by atoms with Crippen molar-refractivity contribution >= 4 is 5.69 Å². The van der Waals surface area contributed by atoms with Gasteiger partial charge in [0.05, 0.1) is 11.1 Å². The van der Waals surface area contributed by atoms with E-state index in [2.05, 4.69) is 5.32 Å². The minimum absolute atomic E-state index is 0.114. The van der Waals surface area contributed by atoms with Gasteiger partial charge in [0.1, 0.15) is 0 Å². The van der Waals surface area contributed by atoms with E-state index in [0.717, 1.165) is 31.2 Å². The van der Waals surface area contributed by atoms with Gasteiger partial charge in [0.2, 0.25) is 0 Å². The van der Waals surface area contributed by atoms with Gasteiger partial charge in [0.15, 0.2) is 0 Å². The average Bonchev–Trinajstić information content (AvgIpc) is 2.54. The first kappa shape index (κ1) is 13.0. The van der Waals surface area contributed by atoms with Crippen LogP contribution in [-0.2, 0) is 6.42 Å². The number of benzene rings is 1. The second-order valence-electron chi connectivity index (χ2n) is 4.75. The maximum atomic E-state index is 10.9. The van der Waals surface area contributed by atoms with Crippen molar-refractivity contribution in [2.75, 3.05) is 0 Å². The smallest absolute Gasteiger partial charge is 0.272 e. The van der Waals surface area contributed by atoms with Crippen LogP contribution in [0.15, 0.2) is 24.3 Å². The number of nitrogens with one attached hydrogen (secondary N) is 1. The molecule has 96 valence electrons. The largest absolute Gasteiger partial charge is 0.296 e. The zero-order chi connectivity index (χ0) is 13.0. The summed E-state index contributed by atoms with van der Waals surface area (Å²) in [5.74, 6) is 0. The van der Waals surface area contributed by atoms with Gasteiger partial charge < -0.3 is 0 Å². The third kappa shape index (κ3) is 3.27. The zero-order valence-electron chi connectivity index (χ0n) is 10.2. The van der Waals surface area contributed by atoms with Crippen LogP contribution < -0.4 is 11.1 Å². The molecule has 2 atom stereocenters. The van der Waals surface area contributed by atoms with Gasteiger partial charge in [-0.1, -0.05) is 31.0 Å². The molecule has 2 radical (unpaired) electrons. The van der Waals surface area contributed by atoms with Crippen molar-refractivity contribution in [1.82, 2.24) is 11.1 Å². The molecule has 1 heterocycles. The molecule has 1 aromatic rings. The minimum Gasteiger partial charge on any atom is -0.296 e. The highest BCUT2D eigenvalue weighted by atomic mass is 16.6. The molecule has 5 nitrogen and oxygen atoms in total. The minimum atomic E-state index is -0.486. The first-order valence-electron chi connectivity index (χ1n) is 6.33. The highest BCUT2D eigenvalue weighted by Gasteiger charge is 2.21. The molecule has 2 rings (SSSR count). The van der Waals surface area contributed by atoms with E-state index in [1.807, 2.05) is 6.07 Å². The second kappa shape index (κ2) is 5.93. The summed E-state index contributed by atoms with van der Waals surface area (Å²) >= 11 is 0. The summed E-state index contributed by atoms with van der Waals surface area (Å²) in [7, 11) is 0. The normalized spacial score (nSPS) is 24.5. The lowest BCUT2D eigenvalue weighted by Gasteiger charge is -2.18. The lowest BCUT2D eigenvalue weighted by atomic mass is 10.0. The molecule has 0 bridgehead atoms. The van der Waals surface area contributed by atoms with Crippen LogP contribution in [0.1, 0.15) is 31.2 Å². The van der Waals surface area contributed by atoms with E-state index in [0.29, 0.717) is 6.42 Å². The van der Waals surface area contributed by atoms with Crippen molar-refractivity contribution in [3.05, 3.63) is 39.9 Å². The fraction of sp³-hybridized carbons (Fsp3) is 0.538. The monoisotopic (exact) mass is 247 g/mol. The van der Waals surface area contributed by atoms with E-state index in [1.54, 1.807) is 12.1 Å². The fourth-order valence-electron chi connectivity index (χ4n) is 2.46. The summed E-state index contributed by atoms with van der Waals surface area (Å²) in [5.41, 5.74) is 10.6. The van der Waals surface area contributed by atoms with Crippen molar-refractivity contribution in [1.29, 1.82) is 0 Å². The number of nitro groups is 1. The average molecular weight is 247 g/mol. The third-order valence-corrected chi connectivity index (χ3v) is 3.36. The Morgan fingerprint density at radius 1 is 1.33 bits per heavy atom. The Morgan fingerprint density at radius 3 is 2.83 bits per heavy atom. The van der Waals surface area contributed by atoms with Gasteiger partial charge in [-0.15, -0.1) is 5.73 Å². The quantitative estimate of drug-likeness (QED) is 0.656. The molecule has 0 spiro atoms. The van der Waals surface area contributed by atoms with Gasteiger partial charge in [-0.2, -0.15) is 0 Å². The standard InChI is InChI=1S/C13H17N3O2/c14-13-8-4-2-6-11(15-13)9-10-5-1-3-7-12(10)16(17)18/h1,3,5,7,11,13,15H,2,4,6,8-9H2. The number of hydrogen-bond acceptors (Lipinski definition) is 3. The number of rotatable bonds is 3. The maximum Gasteiger partial charge on any atom is 0.272 e. The molecule has 0 aliphatic carbocycles. The molecule has 1 aliphatic rings. The Kier molecular flexibility index (Phi) is 4.28. The molecular formula is C13H17N3O2. The lowest BCUT2D eigenvalue weighted by Crippen LogP contribution is -2.38. The molecule has 1 fully saturated rings. The predicted molar refractivity (Wildman–Crippen MR) is 68.1 cm³/mol. The molecule has 5 heteroatoms. The van der Waals surface area contributed by atoms with E-state index in [-0.39, 0.29) is 16.7 Å². The number of nitro benzene ring substituents is 1. The Labute approximate surface area is 107 Å². The summed E-state index contributed by atoms with van der Waals surface area (Å²) in [4.78, 5) is 10.6. The van der Waals surface area contributed by atoms with Crippen LogP contribution in [0.4, 0.5) is 5.69 Å². The summed E-state index contributed by atoms with van der Waals surface area (Å²) in [6.07, 6.45) is 3.86. The highest BCUT2D eigenvalue weighted by molar-refractivity contribution is 5.40. The number of hydrogen-bond donors (Lipinski definition) is 1. The summed E-state index contributed by atoms with van der Waals surface area (Å²) in [6, 6.07) is 6.93. The molecule has 1 N–H and O–H groups in total. The number of nitrogens with zero attached hydrogens (tertiary/aromatic N) is 2. The van der Waals surface area contributed by atoms with E-state index in [4.69, 9.17) is 0 Å². The van der Waals surface area contributed by atoms with E-state index in [1.165, 1.54) is 6.07 Å². The van der Waals surface area contributed by atoms with Crippen LogP contribution >= 0.6 is 0 Å². The van der Waals surface area contributed by atoms with Gasteiger partial charge in [-0.25, -0.2) is 0 Å². The van der Waals surface area contributed by atoms with Gasteiger partial charge in [0.25, 0.3) is 5.69 Å². The molecule has 2 unspecified atom stereocenters. The van der Waals surface area contributed by atoms with E-state index < -0.39 is 6.17 Å². The second-order valence-corrected chi connectivity index (χ2v) is 4.75. The first-order chi connectivity index (χ1) is 8.66. The summed E-state index contributed by atoms with van der Waals surface area (Å²) < 4.78 is 0. The Hall–Kier alpha value is -1.46. The molecule has 0 amide bonds. The number of para-hydroxylation sites is 1. The lowest BCUT2D eigenvalue weighted by molar-refractivity contribution is -0.385. The SMILES string of the molecule is [N]C1CCCCC(Cc2ccccc2[N+](=O)[O-])N1. The molecule has 18 heavy (non-hydrogen) atoms. The van der Waals surface area contributed by atoms with Crippen LogP contribution in [0.2, 0.25) is 0 Å². The zero-order valence-corrected chi connectivity index (χ0v) is 10.2. The summed E-state index contributed by atoms with van der Waals surface area (Å²) in [5, 5.41) is 14.1. The Bertz CT molecular complexity index is 422. The topological polar surface area (TPSA) is 77.5 Å². The third-order valence-electron chi connectivity index (χ3n) is 3.36. The van der Waals surface area contributed by atoms with Crippen molar-refractivity contribution < 1.29 is 4.92 Å². The van der Waals surface area contributed by atoms with Gasteiger partial charge in [-0.05, 0) is 19.3 Å². The van der Waals surface area contributed by atoms with Crippen molar-refractivity contribution in [2.45, 2.75) is 44.3 Å². The Balaban J connectivity index is 2.10. The van der Waals surface area contributed by atoms with Crippen LogP contribution in [0.3, 0.4) is 0 Å². The van der Waals surface area contributed by atoms with Crippen molar-refractivity contribution in [3.8, 4) is 0 Å². The van der Waals surface area contributed by atoms with Gasteiger partial charge in [0, 0.05) is 17.7 Å². The van der Waals surface area contributed by atoms with Crippen LogP contribution in [0.5, 0.6) is 0 Å². The molecule has 1 saturated heterocycles. The van der Waals surface area contributed by atoms with Crippen molar-refractivity contribution in [2.24, 2.45) is 0 Å². The van der Waals surface area contributed by atoms with Gasteiger partial charge in [-0.3, -0.25) is 15.4 Å². The molecule has 0 saturated carbocycles. The highest BCUT2D eigenvalue weighted by Crippen LogP contribution is 2.22. The van der Waals surface area contributed by atoms with Crippen LogP contribution in [-0.4, -0.2) is 17.1 Å². The van der Waals surface area contributed by atoms with Crippen LogP contribution in [0.25, 0.3) is 0 Å². The molecule has 1 aliphatic heterocycles. The maximum absolute atomic E-state index is 10.9. The Morgan fingerprint density at radius 2 is 2.06 bits per heavy atom. The van der Waals surface area contributed by atoms with Crippen LogP contribution in [0, 0.1) is 10.1 Å². The van der Waals surface area contributed by atoms with E-state index >= 15 is 0 Å². The van der Waals surface area contributed by atoms with Crippen molar-refractivity contribution in [3.63, 3.8) is 0 Å². The van der Waals surface area contributed by atoms with Gasteiger partial charge >= 0.3 is 0 Å². The molecule has 1 aromatic carbocycles. The fourth-order valence-corrected chi connectivity index (χ4v) is 2.46. The van der Waals surface area contributed by atoms with E-state index in [9.17, 15) is 15.8 Å². The predicted octanol–water partition coefficient (Wildman–Crippen LogP) is 2.06. The molecular weight excluding hydrogens is 230 g/mol. The first-order valence-corrected chi connectivity index (χ1v) is 6.33. The molecule has 0 aromatic heterocycles.